The van der Waals surface area contributed by atoms with E-state index in [1.165, 1.54) is 11.9 Å². The molecule has 2 aromatic rings. The number of para-hydroxylation sites is 2. The van der Waals surface area contributed by atoms with Gasteiger partial charge in [0.25, 0.3) is 5.91 Å². The van der Waals surface area contributed by atoms with Gasteiger partial charge in [-0.15, -0.1) is 0 Å². The molecule has 1 fully saturated rings. The van der Waals surface area contributed by atoms with E-state index in [1.54, 1.807) is 0 Å². The number of hydrogen-bond acceptors (Lipinski definition) is 4. The van der Waals surface area contributed by atoms with Crippen LogP contribution >= 0.6 is 0 Å². The zero-order valence-electron chi connectivity index (χ0n) is 14.4. The Balaban J connectivity index is 1.79. The highest BCUT2D eigenvalue weighted by molar-refractivity contribution is 6.06. The average Bonchev–Trinajstić information content (AvgIpc) is 3.04. The molecule has 0 atom stereocenters. The van der Waals surface area contributed by atoms with Crippen molar-refractivity contribution in [2.45, 2.75) is 26.3 Å². The molecule has 132 valence electrons. The lowest BCUT2D eigenvalue weighted by atomic mass is 10.3. The first-order chi connectivity index (χ1) is 12.0. The Morgan fingerprint density at radius 2 is 2.04 bits per heavy atom. The number of likely N-dealkylation sites (N-methyl/N-ethyl adjacent to an activating group) is 1. The molecule has 1 aliphatic rings. The molecular formula is C17H21N5O3. The van der Waals surface area contributed by atoms with Crippen molar-refractivity contribution >= 4 is 34.8 Å². The van der Waals surface area contributed by atoms with Gasteiger partial charge in [-0.3, -0.25) is 19.8 Å². The minimum Gasteiger partial charge on any atom is -0.318 e. The van der Waals surface area contributed by atoms with E-state index in [4.69, 9.17) is 0 Å². The number of aromatic nitrogens is 2. The van der Waals surface area contributed by atoms with Crippen LogP contribution in [-0.4, -0.2) is 57.3 Å². The zero-order chi connectivity index (χ0) is 18.0. The van der Waals surface area contributed by atoms with Crippen LogP contribution in [0, 0.1) is 0 Å². The minimum absolute atomic E-state index is 0.00112. The summed E-state index contributed by atoms with van der Waals surface area (Å²) in [6.45, 7) is 2.52. The Labute approximate surface area is 145 Å². The highest BCUT2D eigenvalue weighted by Crippen LogP contribution is 2.20. The second-order valence-electron chi connectivity index (χ2n) is 6.10. The molecular weight excluding hydrogens is 322 g/mol. The van der Waals surface area contributed by atoms with Gasteiger partial charge in [0.2, 0.25) is 11.9 Å². The third kappa shape index (κ3) is 3.33. The molecule has 1 aliphatic heterocycles. The number of aryl methyl sites for hydroxylation is 1. The SMILES string of the molecule is CCCCn1c(NC(=O)CN2C(=O)CN(C)C2=O)nc2ccccc21. The number of imide groups is 1. The standard InChI is InChI=1S/C17H21N5O3/c1-3-4-9-21-13-8-6-5-7-12(13)18-16(21)19-14(23)10-22-15(24)11-20(2)17(22)25/h5-8H,3-4,9-11H2,1-2H3,(H,18,19,23). The maximum absolute atomic E-state index is 12.3. The van der Waals surface area contributed by atoms with E-state index >= 15 is 0 Å². The van der Waals surface area contributed by atoms with Crippen LogP contribution < -0.4 is 5.32 Å². The van der Waals surface area contributed by atoms with E-state index in [9.17, 15) is 14.4 Å². The Hall–Kier alpha value is -2.90. The van der Waals surface area contributed by atoms with E-state index in [-0.39, 0.29) is 19.0 Å². The Bertz CT molecular complexity index is 829. The summed E-state index contributed by atoms with van der Waals surface area (Å²) in [6.07, 6.45) is 1.97. The summed E-state index contributed by atoms with van der Waals surface area (Å²) in [5.74, 6) is -0.376. The Morgan fingerprint density at radius 3 is 2.72 bits per heavy atom. The second-order valence-corrected chi connectivity index (χ2v) is 6.10. The van der Waals surface area contributed by atoms with Gasteiger partial charge in [0.15, 0.2) is 0 Å². The normalized spacial score (nSPS) is 14.6. The summed E-state index contributed by atoms with van der Waals surface area (Å²) < 4.78 is 1.95. The van der Waals surface area contributed by atoms with Crippen molar-refractivity contribution in [1.29, 1.82) is 0 Å². The topological polar surface area (TPSA) is 87.5 Å². The third-order valence-corrected chi connectivity index (χ3v) is 4.17. The number of imidazole rings is 1. The first-order valence-electron chi connectivity index (χ1n) is 8.32. The van der Waals surface area contributed by atoms with Gasteiger partial charge < -0.3 is 9.47 Å². The molecule has 8 heteroatoms. The molecule has 8 nitrogen and oxygen atoms in total. The number of carbonyl (C=O) groups is 3. The summed E-state index contributed by atoms with van der Waals surface area (Å²) in [6, 6.07) is 7.20. The van der Waals surface area contributed by atoms with Gasteiger partial charge in [0.1, 0.15) is 13.1 Å². The maximum Gasteiger partial charge on any atom is 0.327 e. The van der Waals surface area contributed by atoms with Crippen molar-refractivity contribution in [3.63, 3.8) is 0 Å². The first kappa shape index (κ1) is 16.9. The first-order valence-corrected chi connectivity index (χ1v) is 8.32. The van der Waals surface area contributed by atoms with Crippen LogP contribution in [0.2, 0.25) is 0 Å². The molecule has 1 aromatic heterocycles. The molecule has 2 heterocycles. The molecule has 0 radical (unpaired) electrons. The number of anilines is 1. The Kier molecular flexibility index (Phi) is 4.69. The summed E-state index contributed by atoms with van der Waals surface area (Å²) >= 11 is 0. The molecule has 1 N–H and O–H groups in total. The number of unbranched alkanes of at least 4 members (excludes halogenated alkanes) is 1. The lowest BCUT2D eigenvalue weighted by molar-refractivity contribution is -0.129. The van der Waals surface area contributed by atoms with Gasteiger partial charge in [-0.25, -0.2) is 9.78 Å². The van der Waals surface area contributed by atoms with E-state index in [0.29, 0.717) is 5.95 Å². The summed E-state index contributed by atoms with van der Waals surface area (Å²) in [4.78, 5) is 42.7. The van der Waals surface area contributed by atoms with Crippen LogP contribution in [0.4, 0.5) is 10.7 Å². The van der Waals surface area contributed by atoms with Gasteiger partial charge in [0, 0.05) is 13.6 Å². The number of nitrogens with zero attached hydrogens (tertiary/aromatic N) is 4. The molecule has 0 spiro atoms. The van der Waals surface area contributed by atoms with E-state index < -0.39 is 11.9 Å². The van der Waals surface area contributed by atoms with Crippen molar-refractivity contribution in [3.05, 3.63) is 24.3 Å². The van der Waals surface area contributed by atoms with E-state index in [0.717, 1.165) is 35.3 Å². The van der Waals surface area contributed by atoms with Crippen LogP contribution in [0.15, 0.2) is 24.3 Å². The smallest absolute Gasteiger partial charge is 0.318 e. The van der Waals surface area contributed by atoms with Crippen molar-refractivity contribution in [1.82, 2.24) is 19.4 Å². The second kappa shape index (κ2) is 6.92. The minimum atomic E-state index is -0.459. The Morgan fingerprint density at radius 1 is 1.28 bits per heavy atom. The predicted molar refractivity (Wildman–Crippen MR) is 93.0 cm³/mol. The molecule has 4 amide bonds. The highest BCUT2D eigenvalue weighted by Gasteiger charge is 2.34. The zero-order valence-corrected chi connectivity index (χ0v) is 14.4. The number of urea groups is 1. The van der Waals surface area contributed by atoms with Crippen LogP contribution in [0.1, 0.15) is 19.8 Å². The monoisotopic (exact) mass is 343 g/mol. The number of fused-ring (bicyclic) bond motifs is 1. The van der Waals surface area contributed by atoms with Crippen LogP contribution in [0.5, 0.6) is 0 Å². The summed E-state index contributed by atoms with van der Waals surface area (Å²) in [5, 5.41) is 2.74. The average molecular weight is 343 g/mol. The van der Waals surface area contributed by atoms with Crippen LogP contribution in [0.3, 0.4) is 0 Å². The van der Waals surface area contributed by atoms with E-state index in [1.807, 2.05) is 28.8 Å². The molecule has 25 heavy (non-hydrogen) atoms. The number of amides is 4. The summed E-state index contributed by atoms with van der Waals surface area (Å²) in [7, 11) is 1.53. The van der Waals surface area contributed by atoms with Crippen molar-refractivity contribution in [2.24, 2.45) is 0 Å². The molecule has 1 saturated heterocycles. The third-order valence-electron chi connectivity index (χ3n) is 4.17. The number of carbonyl (C=O) groups excluding carboxylic acids is 3. The van der Waals surface area contributed by atoms with Gasteiger partial charge in [-0.1, -0.05) is 25.5 Å². The maximum atomic E-state index is 12.3. The van der Waals surface area contributed by atoms with Crippen molar-refractivity contribution in [2.75, 3.05) is 25.5 Å². The molecule has 1 aromatic carbocycles. The lowest BCUT2D eigenvalue weighted by Gasteiger charge is -2.14. The van der Waals surface area contributed by atoms with Gasteiger partial charge >= 0.3 is 6.03 Å². The largest absolute Gasteiger partial charge is 0.327 e. The molecule has 3 rings (SSSR count). The van der Waals surface area contributed by atoms with Gasteiger partial charge in [-0.2, -0.15) is 0 Å². The highest BCUT2D eigenvalue weighted by atomic mass is 16.2. The number of nitrogens with one attached hydrogen (secondary N) is 1. The summed E-state index contributed by atoms with van der Waals surface area (Å²) in [5.41, 5.74) is 1.74. The van der Waals surface area contributed by atoms with Gasteiger partial charge in [-0.05, 0) is 18.6 Å². The molecule has 0 aliphatic carbocycles. The van der Waals surface area contributed by atoms with Crippen molar-refractivity contribution < 1.29 is 14.4 Å². The van der Waals surface area contributed by atoms with Crippen molar-refractivity contribution in [3.8, 4) is 0 Å². The van der Waals surface area contributed by atoms with E-state index in [2.05, 4.69) is 17.2 Å². The van der Waals surface area contributed by atoms with Crippen LogP contribution in [0.25, 0.3) is 11.0 Å². The number of rotatable bonds is 6. The fraction of sp³-hybridized carbons (Fsp3) is 0.412. The van der Waals surface area contributed by atoms with Gasteiger partial charge in [0.05, 0.1) is 11.0 Å². The molecule has 0 saturated carbocycles. The fourth-order valence-corrected chi connectivity index (χ4v) is 2.85. The predicted octanol–water partition coefficient (Wildman–Crippen LogP) is 1.67. The number of hydrogen-bond donors (Lipinski definition) is 1. The van der Waals surface area contributed by atoms with Crippen LogP contribution in [-0.2, 0) is 16.1 Å². The fourth-order valence-electron chi connectivity index (χ4n) is 2.85. The number of benzene rings is 1. The lowest BCUT2D eigenvalue weighted by Crippen LogP contribution is -2.38. The quantitative estimate of drug-likeness (QED) is 0.808. The molecule has 0 unspecified atom stereocenters. The molecule has 0 bridgehead atoms.